The van der Waals surface area contributed by atoms with Crippen LogP contribution in [0.2, 0.25) is 5.02 Å². The number of hydrogen-bond acceptors (Lipinski definition) is 4. The average Bonchev–Trinajstić information content (AvgIpc) is 2.77. The van der Waals surface area contributed by atoms with Gasteiger partial charge in [0.25, 0.3) is 0 Å². The van der Waals surface area contributed by atoms with Gasteiger partial charge in [-0.3, -0.25) is 0 Å². The summed E-state index contributed by atoms with van der Waals surface area (Å²) in [5.41, 5.74) is 1.00. The molecule has 90 valence electrons. The van der Waals surface area contributed by atoms with Gasteiger partial charge in [0.05, 0.1) is 18.1 Å². The van der Waals surface area contributed by atoms with Crippen LogP contribution in [0.3, 0.4) is 0 Å². The van der Waals surface area contributed by atoms with Crippen LogP contribution in [0.25, 0.3) is 0 Å². The van der Waals surface area contributed by atoms with Gasteiger partial charge in [0.2, 0.25) is 0 Å². The molecule has 0 fully saturated rings. The number of ether oxygens (including phenoxy) is 1. The lowest BCUT2D eigenvalue weighted by molar-refractivity contribution is 0.182. The Morgan fingerprint density at radius 1 is 1.35 bits per heavy atom. The Morgan fingerprint density at radius 2 is 2.12 bits per heavy atom. The van der Waals surface area contributed by atoms with E-state index in [4.69, 9.17) is 16.3 Å². The lowest BCUT2D eigenvalue weighted by Gasteiger charge is -1.99. The molecular weight excluding hydrogens is 274 g/mol. The van der Waals surface area contributed by atoms with Crippen molar-refractivity contribution in [3.63, 3.8) is 0 Å². The molecule has 0 N–H and O–H groups in total. The first-order chi connectivity index (χ1) is 8.28. The van der Waals surface area contributed by atoms with Crippen LogP contribution in [0.1, 0.15) is 10.7 Å². The molecule has 0 bridgehead atoms. The van der Waals surface area contributed by atoms with E-state index in [1.165, 1.54) is 4.90 Å². The maximum absolute atomic E-state index is 5.83. The van der Waals surface area contributed by atoms with Crippen molar-refractivity contribution in [2.24, 2.45) is 0 Å². The fourth-order valence-electron chi connectivity index (χ4n) is 1.31. The Kier molecular flexibility index (Phi) is 4.86. The molecule has 1 aromatic heterocycles. The molecule has 0 unspecified atom stereocenters. The second-order valence-corrected chi connectivity index (χ2v) is 5.84. The van der Waals surface area contributed by atoms with Crippen molar-refractivity contribution in [1.29, 1.82) is 0 Å². The van der Waals surface area contributed by atoms with Gasteiger partial charge in [0.15, 0.2) is 0 Å². The van der Waals surface area contributed by atoms with Crippen LogP contribution < -0.4 is 0 Å². The zero-order valence-electron chi connectivity index (χ0n) is 9.35. The van der Waals surface area contributed by atoms with Crippen molar-refractivity contribution in [3.05, 3.63) is 45.4 Å². The topological polar surface area (TPSA) is 22.1 Å². The van der Waals surface area contributed by atoms with Crippen LogP contribution in [0.4, 0.5) is 0 Å². The van der Waals surface area contributed by atoms with E-state index in [0.717, 1.165) is 21.5 Å². The van der Waals surface area contributed by atoms with Crippen LogP contribution in [0.15, 0.2) is 34.5 Å². The second-order valence-electron chi connectivity index (χ2n) is 3.41. The largest absolute Gasteiger partial charge is 0.378 e. The SMILES string of the molecule is COCc1csc(CSc2ccc(Cl)cc2)n1. The van der Waals surface area contributed by atoms with E-state index in [0.29, 0.717) is 6.61 Å². The van der Waals surface area contributed by atoms with Gasteiger partial charge < -0.3 is 4.74 Å². The third-order valence-electron chi connectivity index (χ3n) is 2.07. The van der Waals surface area contributed by atoms with Gasteiger partial charge in [-0.05, 0) is 24.3 Å². The molecule has 0 aliphatic heterocycles. The minimum atomic E-state index is 0.585. The number of nitrogens with zero attached hydrogens (tertiary/aromatic N) is 1. The minimum absolute atomic E-state index is 0.585. The molecule has 0 atom stereocenters. The molecule has 0 spiro atoms. The summed E-state index contributed by atoms with van der Waals surface area (Å²) in [4.78, 5) is 5.69. The van der Waals surface area contributed by atoms with E-state index in [1.54, 1.807) is 30.2 Å². The molecule has 2 aromatic rings. The fourth-order valence-corrected chi connectivity index (χ4v) is 3.13. The monoisotopic (exact) mass is 285 g/mol. The van der Waals surface area contributed by atoms with E-state index >= 15 is 0 Å². The van der Waals surface area contributed by atoms with E-state index in [1.807, 2.05) is 29.6 Å². The van der Waals surface area contributed by atoms with Gasteiger partial charge in [-0.2, -0.15) is 0 Å². The number of thiazole rings is 1. The quantitative estimate of drug-likeness (QED) is 0.767. The van der Waals surface area contributed by atoms with Crippen molar-refractivity contribution in [1.82, 2.24) is 4.98 Å². The summed E-state index contributed by atoms with van der Waals surface area (Å²) in [7, 11) is 1.68. The van der Waals surface area contributed by atoms with E-state index < -0.39 is 0 Å². The predicted octanol–water partition coefficient (Wildman–Crippen LogP) is 4.24. The third-order valence-corrected chi connectivity index (χ3v) is 4.42. The Morgan fingerprint density at radius 3 is 2.82 bits per heavy atom. The molecule has 0 radical (unpaired) electrons. The maximum atomic E-state index is 5.83. The first-order valence-electron chi connectivity index (χ1n) is 5.08. The van der Waals surface area contributed by atoms with Crippen LogP contribution in [0, 0.1) is 0 Å². The summed E-state index contributed by atoms with van der Waals surface area (Å²) < 4.78 is 5.04. The molecule has 1 heterocycles. The normalized spacial score (nSPS) is 10.7. The summed E-state index contributed by atoms with van der Waals surface area (Å²) in [6, 6.07) is 7.86. The Bertz CT molecular complexity index is 470. The zero-order valence-corrected chi connectivity index (χ0v) is 11.7. The molecule has 2 rings (SSSR count). The fraction of sp³-hybridized carbons (Fsp3) is 0.250. The first-order valence-corrected chi connectivity index (χ1v) is 7.33. The smallest absolute Gasteiger partial charge is 0.103 e. The van der Waals surface area contributed by atoms with Gasteiger partial charge in [0, 0.05) is 22.4 Å². The second kappa shape index (κ2) is 6.40. The van der Waals surface area contributed by atoms with Crippen molar-refractivity contribution >= 4 is 34.7 Å². The lowest BCUT2D eigenvalue weighted by Crippen LogP contribution is -1.87. The molecular formula is C12H12ClNOS2. The molecule has 5 heteroatoms. The lowest BCUT2D eigenvalue weighted by atomic mass is 10.4. The standard InChI is InChI=1S/C12H12ClNOS2/c1-15-6-10-7-17-12(14-10)8-16-11-4-2-9(13)3-5-11/h2-5,7H,6,8H2,1H3. The number of hydrogen-bond donors (Lipinski definition) is 0. The highest BCUT2D eigenvalue weighted by atomic mass is 35.5. The molecule has 0 saturated carbocycles. The van der Waals surface area contributed by atoms with E-state index in [9.17, 15) is 0 Å². The number of benzene rings is 1. The van der Waals surface area contributed by atoms with Crippen molar-refractivity contribution in [3.8, 4) is 0 Å². The molecule has 17 heavy (non-hydrogen) atoms. The molecule has 2 nitrogen and oxygen atoms in total. The molecule has 0 amide bonds. The van der Waals surface area contributed by atoms with Crippen LogP contribution >= 0.6 is 34.7 Å². The summed E-state index contributed by atoms with van der Waals surface area (Å²) >= 11 is 9.27. The average molecular weight is 286 g/mol. The maximum Gasteiger partial charge on any atom is 0.103 e. The first kappa shape index (κ1) is 12.9. The van der Waals surface area contributed by atoms with Crippen LogP contribution in [-0.4, -0.2) is 12.1 Å². The highest BCUT2D eigenvalue weighted by molar-refractivity contribution is 7.98. The Labute approximate surface area is 114 Å². The molecule has 0 saturated heterocycles. The van der Waals surface area contributed by atoms with Gasteiger partial charge in [-0.15, -0.1) is 23.1 Å². The van der Waals surface area contributed by atoms with Gasteiger partial charge >= 0.3 is 0 Å². The summed E-state index contributed by atoms with van der Waals surface area (Å²) in [5, 5.41) is 3.93. The van der Waals surface area contributed by atoms with Gasteiger partial charge in [-0.1, -0.05) is 11.6 Å². The summed E-state index contributed by atoms with van der Waals surface area (Å²) in [5.74, 6) is 0.885. The Balaban J connectivity index is 1.90. The van der Waals surface area contributed by atoms with Crippen molar-refractivity contribution < 1.29 is 4.74 Å². The van der Waals surface area contributed by atoms with Crippen molar-refractivity contribution in [2.75, 3.05) is 7.11 Å². The van der Waals surface area contributed by atoms with Gasteiger partial charge in [-0.25, -0.2) is 4.98 Å². The molecule has 0 aliphatic rings. The van der Waals surface area contributed by atoms with E-state index in [2.05, 4.69) is 4.98 Å². The van der Waals surface area contributed by atoms with Crippen LogP contribution in [-0.2, 0) is 17.1 Å². The zero-order chi connectivity index (χ0) is 12.1. The highest BCUT2D eigenvalue weighted by Crippen LogP contribution is 2.25. The third kappa shape index (κ3) is 4.00. The summed E-state index contributed by atoms with van der Waals surface area (Å²) in [6.07, 6.45) is 0. The number of aromatic nitrogens is 1. The number of methoxy groups -OCH3 is 1. The van der Waals surface area contributed by atoms with Gasteiger partial charge in [0.1, 0.15) is 5.01 Å². The number of halogens is 1. The minimum Gasteiger partial charge on any atom is -0.378 e. The molecule has 1 aromatic carbocycles. The number of rotatable bonds is 5. The molecule has 0 aliphatic carbocycles. The predicted molar refractivity (Wildman–Crippen MR) is 73.8 cm³/mol. The van der Waals surface area contributed by atoms with Crippen molar-refractivity contribution in [2.45, 2.75) is 17.3 Å². The summed E-state index contributed by atoms with van der Waals surface area (Å²) in [6.45, 7) is 0.585. The Hall–Kier alpha value is -0.550. The van der Waals surface area contributed by atoms with E-state index in [-0.39, 0.29) is 0 Å². The van der Waals surface area contributed by atoms with Crippen LogP contribution in [0.5, 0.6) is 0 Å². The number of thioether (sulfide) groups is 1. The highest BCUT2D eigenvalue weighted by Gasteiger charge is 2.02.